The normalized spacial score (nSPS) is 23.5. The predicted molar refractivity (Wildman–Crippen MR) is 79.2 cm³/mol. The second-order valence-electron chi connectivity index (χ2n) is 5.93. The molecule has 22 heavy (non-hydrogen) atoms. The quantitative estimate of drug-likeness (QED) is 0.775. The Morgan fingerprint density at radius 2 is 1.86 bits per heavy atom. The summed E-state index contributed by atoms with van der Waals surface area (Å²) < 4.78 is 0. The lowest BCUT2D eigenvalue weighted by Gasteiger charge is -2.31. The highest BCUT2D eigenvalue weighted by molar-refractivity contribution is 6.00. The Labute approximate surface area is 128 Å². The number of hydrogen-bond donors (Lipinski definition) is 2. The third-order valence-corrected chi connectivity index (χ3v) is 4.46. The van der Waals surface area contributed by atoms with Crippen molar-refractivity contribution in [3.05, 3.63) is 18.0 Å². The zero-order valence-corrected chi connectivity index (χ0v) is 12.4. The van der Waals surface area contributed by atoms with E-state index in [1.54, 1.807) is 12.4 Å². The van der Waals surface area contributed by atoms with Crippen LogP contribution >= 0.6 is 0 Å². The van der Waals surface area contributed by atoms with Crippen LogP contribution < -0.4 is 10.2 Å². The molecule has 2 saturated heterocycles. The maximum atomic E-state index is 11.8. The summed E-state index contributed by atoms with van der Waals surface area (Å²) in [5.74, 6) is 0.209. The fourth-order valence-corrected chi connectivity index (χ4v) is 3.00. The first-order valence-corrected chi connectivity index (χ1v) is 7.69. The molecule has 7 nitrogen and oxygen atoms in total. The Hall–Kier alpha value is -2.02. The van der Waals surface area contributed by atoms with E-state index >= 15 is 0 Å². The Kier molecular flexibility index (Phi) is 4.33. The highest BCUT2D eigenvalue weighted by atomic mass is 16.3. The lowest BCUT2D eigenvalue weighted by molar-refractivity contribution is -0.134. The van der Waals surface area contributed by atoms with Gasteiger partial charge in [-0.25, -0.2) is 9.97 Å². The first kappa shape index (κ1) is 14.9. The highest BCUT2D eigenvalue weighted by Crippen LogP contribution is 2.25. The predicted octanol–water partition coefficient (Wildman–Crippen LogP) is 0.205. The summed E-state index contributed by atoms with van der Waals surface area (Å²) in [5, 5.41) is 11.5. The monoisotopic (exact) mass is 304 g/mol. The van der Waals surface area contributed by atoms with Crippen molar-refractivity contribution in [2.45, 2.75) is 31.6 Å². The number of amides is 2. The molecule has 1 aromatic rings. The van der Waals surface area contributed by atoms with Crippen molar-refractivity contribution in [3.63, 3.8) is 0 Å². The van der Waals surface area contributed by atoms with Crippen molar-refractivity contribution in [1.82, 2.24) is 15.3 Å². The van der Waals surface area contributed by atoms with Gasteiger partial charge in [0.05, 0.1) is 5.92 Å². The molecule has 2 amide bonds. The number of rotatable bonds is 3. The van der Waals surface area contributed by atoms with Crippen LogP contribution in [0.3, 0.4) is 0 Å². The molecule has 1 aromatic heterocycles. The van der Waals surface area contributed by atoms with Gasteiger partial charge in [0.2, 0.25) is 17.8 Å². The van der Waals surface area contributed by atoms with Gasteiger partial charge in [-0.3, -0.25) is 14.9 Å². The zero-order valence-electron chi connectivity index (χ0n) is 12.4. The number of aliphatic hydroxyl groups excluding tert-OH is 1. The van der Waals surface area contributed by atoms with Crippen molar-refractivity contribution < 1.29 is 14.7 Å². The minimum atomic E-state index is -0.341. The molecule has 0 bridgehead atoms. The van der Waals surface area contributed by atoms with Crippen molar-refractivity contribution in [2.24, 2.45) is 5.92 Å². The largest absolute Gasteiger partial charge is 0.396 e. The van der Waals surface area contributed by atoms with E-state index in [0.29, 0.717) is 24.7 Å². The molecule has 2 aliphatic rings. The van der Waals surface area contributed by atoms with Gasteiger partial charge in [0, 0.05) is 44.1 Å². The van der Waals surface area contributed by atoms with E-state index in [9.17, 15) is 9.59 Å². The van der Waals surface area contributed by atoms with Crippen LogP contribution in [0.4, 0.5) is 5.95 Å². The van der Waals surface area contributed by atoms with E-state index < -0.39 is 0 Å². The third-order valence-electron chi connectivity index (χ3n) is 4.46. The van der Waals surface area contributed by atoms with Crippen LogP contribution in [0.5, 0.6) is 0 Å². The maximum absolute atomic E-state index is 11.8. The fourth-order valence-electron chi connectivity index (χ4n) is 3.00. The number of imide groups is 1. The summed E-state index contributed by atoms with van der Waals surface area (Å²) in [5.41, 5.74) is 0.749. The average molecular weight is 304 g/mol. The lowest BCUT2D eigenvalue weighted by Crippen LogP contribution is -2.39. The Balaban J connectivity index is 1.65. The Bertz CT molecular complexity index is 552. The van der Waals surface area contributed by atoms with E-state index in [4.69, 9.17) is 5.11 Å². The number of aliphatic hydroxyl groups is 1. The number of carbonyl (C=O) groups is 2. The van der Waals surface area contributed by atoms with Crippen LogP contribution in [0.1, 0.15) is 37.2 Å². The van der Waals surface area contributed by atoms with Gasteiger partial charge in [-0.15, -0.1) is 0 Å². The number of nitrogens with zero attached hydrogens (tertiary/aromatic N) is 3. The fraction of sp³-hybridized carbons (Fsp3) is 0.600. The van der Waals surface area contributed by atoms with E-state index in [2.05, 4.69) is 20.2 Å². The molecule has 0 spiro atoms. The van der Waals surface area contributed by atoms with Gasteiger partial charge < -0.3 is 10.0 Å². The van der Waals surface area contributed by atoms with Gasteiger partial charge >= 0.3 is 0 Å². The molecule has 2 N–H and O–H groups in total. The van der Waals surface area contributed by atoms with Gasteiger partial charge in [-0.05, 0) is 25.2 Å². The Morgan fingerprint density at radius 3 is 2.45 bits per heavy atom. The number of anilines is 1. The molecule has 0 aromatic carbocycles. The number of piperidine rings is 2. The van der Waals surface area contributed by atoms with Gasteiger partial charge in [0.15, 0.2) is 0 Å². The first-order valence-electron chi connectivity index (χ1n) is 7.69. The maximum Gasteiger partial charge on any atom is 0.234 e. The zero-order chi connectivity index (χ0) is 15.5. The molecule has 0 aliphatic carbocycles. The van der Waals surface area contributed by atoms with Crippen LogP contribution in [0, 0.1) is 5.92 Å². The highest BCUT2D eigenvalue weighted by Gasteiger charge is 2.28. The van der Waals surface area contributed by atoms with Gasteiger partial charge in [0.25, 0.3) is 0 Å². The number of nitrogens with one attached hydrogen (secondary N) is 1. The van der Waals surface area contributed by atoms with E-state index in [1.165, 1.54) is 0 Å². The molecule has 2 fully saturated rings. The van der Waals surface area contributed by atoms with E-state index in [-0.39, 0.29) is 24.3 Å². The minimum Gasteiger partial charge on any atom is -0.396 e. The third kappa shape index (κ3) is 3.09. The van der Waals surface area contributed by atoms with Gasteiger partial charge in [0.1, 0.15) is 0 Å². The van der Waals surface area contributed by atoms with Gasteiger partial charge in [-0.2, -0.15) is 0 Å². The lowest BCUT2D eigenvalue weighted by atomic mass is 9.92. The van der Waals surface area contributed by atoms with Crippen molar-refractivity contribution >= 4 is 17.8 Å². The molecule has 2 aliphatic heterocycles. The van der Waals surface area contributed by atoms with Gasteiger partial charge in [-0.1, -0.05) is 0 Å². The molecule has 1 atom stereocenters. The number of hydrogen-bond acceptors (Lipinski definition) is 6. The molecule has 1 unspecified atom stereocenters. The van der Waals surface area contributed by atoms with Crippen molar-refractivity contribution in [1.29, 1.82) is 0 Å². The summed E-state index contributed by atoms with van der Waals surface area (Å²) in [6, 6.07) is 0. The second kappa shape index (κ2) is 6.39. The molecule has 0 radical (unpaired) electrons. The molecule has 7 heteroatoms. The molecule has 118 valence electrons. The topological polar surface area (TPSA) is 95.4 Å². The van der Waals surface area contributed by atoms with Crippen LogP contribution in [0.25, 0.3) is 0 Å². The second-order valence-corrected chi connectivity index (χ2v) is 5.93. The first-order chi connectivity index (χ1) is 10.7. The van der Waals surface area contributed by atoms with Crippen LogP contribution in [0.15, 0.2) is 12.4 Å². The van der Waals surface area contributed by atoms with Crippen LogP contribution in [-0.2, 0) is 9.59 Å². The molecule has 3 heterocycles. The molecular formula is C15H20N4O3. The van der Waals surface area contributed by atoms with Crippen LogP contribution in [0.2, 0.25) is 0 Å². The number of carbonyl (C=O) groups excluding carboxylic acids is 2. The summed E-state index contributed by atoms with van der Waals surface area (Å²) in [6.45, 7) is 1.91. The van der Waals surface area contributed by atoms with Crippen LogP contribution in [-0.4, -0.2) is 46.6 Å². The average Bonchev–Trinajstić information content (AvgIpc) is 2.55. The SMILES string of the molecule is O=C1CCC(c2cnc(N3CCC(CO)CC3)nc2)C(=O)N1. The van der Waals surface area contributed by atoms with Crippen molar-refractivity contribution in [2.75, 3.05) is 24.6 Å². The standard InChI is InChI=1S/C15H20N4O3/c20-9-10-3-5-19(6-4-10)15-16-7-11(8-17-15)12-1-2-13(21)18-14(12)22/h7-8,10,12,20H,1-6,9H2,(H,18,21,22). The molecule has 3 rings (SSSR count). The minimum absolute atomic E-state index is 0.217. The Morgan fingerprint density at radius 1 is 1.18 bits per heavy atom. The number of aromatic nitrogens is 2. The molecular weight excluding hydrogens is 284 g/mol. The summed E-state index contributed by atoms with van der Waals surface area (Å²) in [7, 11) is 0. The van der Waals surface area contributed by atoms with Crippen molar-refractivity contribution in [3.8, 4) is 0 Å². The molecule has 0 saturated carbocycles. The summed E-state index contributed by atoms with van der Waals surface area (Å²) in [4.78, 5) is 33.9. The van der Waals surface area contributed by atoms with E-state index in [0.717, 1.165) is 31.5 Å². The van der Waals surface area contributed by atoms with E-state index in [1.807, 2.05) is 0 Å². The smallest absolute Gasteiger partial charge is 0.234 e. The summed E-state index contributed by atoms with van der Waals surface area (Å²) in [6.07, 6.45) is 6.10. The summed E-state index contributed by atoms with van der Waals surface area (Å²) >= 11 is 0.